The number of carbonyl (C=O) groups excluding carboxylic acids is 4. The molecule has 0 spiro atoms. The van der Waals surface area contributed by atoms with Gasteiger partial charge in [-0.3, -0.25) is 19.2 Å². The summed E-state index contributed by atoms with van der Waals surface area (Å²) < 4.78 is 0. The zero-order valence-electron chi connectivity index (χ0n) is 23.7. The van der Waals surface area contributed by atoms with E-state index in [2.05, 4.69) is 47.9 Å². The minimum Gasteiger partial charge on any atom is -0.508 e. The molecule has 3 rings (SSSR count). The van der Waals surface area contributed by atoms with Crippen LogP contribution < -0.4 is 16.0 Å². The van der Waals surface area contributed by atoms with Gasteiger partial charge in [0.1, 0.15) is 5.75 Å². The van der Waals surface area contributed by atoms with Crippen molar-refractivity contribution in [3.63, 3.8) is 0 Å². The van der Waals surface area contributed by atoms with E-state index in [0.29, 0.717) is 19.5 Å². The molecule has 1 fully saturated rings. The monoisotopic (exact) mass is 552 g/mol. The first kappa shape index (κ1) is 35.7. The number of nitrogens with zero attached hydrogens (tertiary/aromatic N) is 1. The second kappa shape index (κ2) is 23.8. The van der Waals surface area contributed by atoms with Crippen LogP contribution in [-0.4, -0.2) is 66.9 Å². The van der Waals surface area contributed by atoms with Crippen molar-refractivity contribution in [1.82, 2.24) is 20.9 Å². The van der Waals surface area contributed by atoms with Gasteiger partial charge >= 0.3 is 0 Å². The zero-order valence-corrected chi connectivity index (χ0v) is 23.7. The second-order valence-electron chi connectivity index (χ2n) is 8.86. The van der Waals surface area contributed by atoms with Crippen LogP contribution in [-0.2, 0) is 25.6 Å². The SMILES string of the molecule is C#C.CCCNC(=O)CCC(=O)NCC(=O)N1CCCC1.Cc1ccccc1.O=CNCCc1ccc(O)cc1. The molecule has 4 N–H and O–H groups in total. The van der Waals surface area contributed by atoms with E-state index in [0.717, 1.165) is 44.3 Å². The fourth-order valence-corrected chi connectivity index (χ4v) is 3.39. The fourth-order valence-electron chi connectivity index (χ4n) is 3.39. The van der Waals surface area contributed by atoms with Crippen LogP contribution in [0.1, 0.15) is 50.2 Å². The average molecular weight is 553 g/mol. The minimum atomic E-state index is -0.251. The van der Waals surface area contributed by atoms with E-state index in [4.69, 9.17) is 5.11 Å². The molecule has 4 amide bonds. The number of phenolic OH excluding ortho intramolecular Hbond substituents is 1. The average Bonchev–Trinajstić information content (AvgIpc) is 3.52. The summed E-state index contributed by atoms with van der Waals surface area (Å²) in [5.41, 5.74) is 2.42. The minimum absolute atomic E-state index is 0.0371. The van der Waals surface area contributed by atoms with Gasteiger partial charge in [-0.15, -0.1) is 12.8 Å². The summed E-state index contributed by atoms with van der Waals surface area (Å²) in [6.07, 6.45) is 12.7. The molecule has 9 heteroatoms. The van der Waals surface area contributed by atoms with Crippen molar-refractivity contribution < 1.29 is 24.3 Å². The first-order valence-corrected chi connectivity index (χ1v) is 13.5. The van der Waals surface area contributed by atoms with Gasteiger partial charge in [0, 0.05) is 39.0 Å². The molecule has 1 aliphatic rings. The van der Waals surface area contributed by atoms with Crippen LogP contribution in [0.3, 0.4) is 0 Å². The van der Waals surface area contributed by atoms with E-state index in [1.54, 1.807) is 17.0 Å². The van der Waals surface area contributed by atoms with Crippen molar-refractivity contribution in [2.75, 3.05) is 32.7 Å². The van der Waals surface area contributed by atoms with Gasteiger partial charge in [-0.1, -0.05) is 55.0 Å². The topological polar surface area (TPSA) is 128 Å². The van der Waals surface area contributed by atoms with Crippen LogP contribution in [0.15, 0.2) is 54.6 Å². The van der Waals surface area contributed by atoms with Gasteiger partial charge < -0.3 is 26.0 Å². The summed E-state index contributed by atoms with van der Waals surface area (Å²) >= 11 is 0. The molecule has 0 bridgehead atoms. The van der Waals surface area contributed by atoms with E-state index in [-0.39, 0.29) is 42.9 Å². The summed E-state index contributed by atoms with van der Waals surface area (Å²) in [7, 11) is 0. The van der Waals surface area contributed by atoms with Gasteiger partial charge in [0.25, 0.3) is 0 Å². The summed E-state index contributed by atoms with van der Waals surface area (Å²) in [5.74, 6) is -0.148. The van der Waals surface area contributed by atoms with Crippen LogP contribution in [0, 0.1) is 19.8 Å². The molecule has 0 aliphatic carbocycles. The molecule has 0 aromatic heterocycles. The van der Waals surface area contributed by atoms with Gasteiger partial charge in [0.05, 0.1) is 6.54 Å². The molecule has 1 heterocycles. The van der Waals surface area contributed by atoms with E-state index in [9.17, 15) is 19.2 Å². The Morgan fingerprint density at radius 2 is 1.48 bits per heavy atom. The molecule has 2 aromatic carbocycles. The van der Waals surface area contributed by atoms with Crippen LogP contribution in [0.5, 0.6) is 5.75 Å². The van der Waals surface area contributed by atoms with Crippen molar-refractivity contribution >= 4 is 24.1 Å². The number of carbonyl (C=O) groups is 4. The molecule has 40 heavy (non-hydrogen) atoms. The first-order chi connectivity index (χ1) is 19.3. The Bertz CT molecular complexity index is 988. The van der Waals surface area contributed by atoms with Crippen molar-refractivity contribution in [3.05, 3.63) is 65.7 Å². The van der Waals surface area contributed by atoms with Gasteiger partial charge in [-0.05, 0) is 50.3 Å². The van der Waals surface area contributed by atoms with E-state index in [1.807, 2.05) is 37.3 Å². The molecule has 2 aromatic rings. The van der Waals surface area contributed by atoms with Crippen LogP contribution in [0.2, 0.25) is 0 Å². The number of phenols is 1. The quantitative estimate of drug-likeness (QED) is 0.194. The normalized spacial score (nSPS) is 11.2. The highest BCUT2D eigenvalue weighted by Crippen LogP contribution is 2.09. The first-order valence-electron chi connectivity index (χ1n) is 13.5. The molecule has 1 aliphatic heterocycles. The number of aryl methyl sites for hydroxylation is 1. The Morgan fingerprint density at radius 3 is 1.98 bits per heavy atom. The lowest BCUT2D eigenvalue weighted by Crippen LogP contribution is -2.39. The highest BCUT2D eigenvalue weighted by Gasteiger charge is 2.18. The predicted octanol–water partition coefficient (Wildman–Crippen LogP) is 2.96. The van der Waals surface area contributed by atoms with Gasteiger partial charge in [-0.2, -0.15) is 0 Å². The Balaban J connectivity index is 0.000000613. The zero-order chi connectivity index (χ0) is 30.0. The van der Waals surface area contributed by atoms with Crippen LogP contribution in [0.25, 0.3) is 0 Å². The number of rotatable bonds is 11. The molecule has 0 saturated carbocycles. The molecule has 218 valence electrons. The lowest BCUT2D eigenvalue weighted by molar-refractivity contribution is -0.132. The van der Waals surface area contributed by atoms with Gasteiger partial charge in [-0.25, -0.2) is 0 Å². The molecule has 0 radical (unpaired) electrons. The van der Waals surface area contributed by atoms with Gasteiger partial charge in [0.2, 0.25) is 24.1 Å². The summed E-state index contributed by atoms with van der Waals surface area (Å²) in [6.45, 7) is 6.93. The molecule has 0 unspecified atom stereocenters. The maximum Gasteiger partial charge on any atom is 0.241 e. The number of aromatic hydroxyl groups is 1. The van der Waals surface area contributed by atoms with Crippen LogP contribution >= 0.6 is 0 Å². The number of amides is 4. The maximum absolute atomic E-state index is 11.7. The van der Waals surface area contributed by atoms with Crippen molar-refractivity contribution in [2.45, 2.75) is 52.4 Å². The largest absolute Gasteiger partial charge is 0.508 e. The predicted molar refractivity (Wildman–Crippen MR) is 158 cm³/mol. The number of hydrogen-bond donors (Lipinski definition) is 4. The van der Waals surface area contributed by atoms with Gasteiger partial charge in [0.15, 0.2) is 0 Å². The van der Waals surface area contributed by atoms with Crippen molar-refractivity contribution in [2.24, 2.45) is 0 Å². The van der Waals surface area contributed by atoms with Crippen molar-refractivity contribution in [1.29, 1.82) is 0 Å². The fraction of sp³-hybridized carbons (Fsp3) is 0.419. The molecule has 0 atom stereocenters. The number of nitrogens with one attached hydrogen (secondary N) is 3. The maximum atomic E-state index is 11.7. The highest BCUT2D eigenvalue weighted by molar-refractivity contribution is 5.87. The van der Waals surface area contributed by atoms with E-state index in [1.165, 1.54) is 5.56 Å². The Hall–Kier alpha value is -4.32. The van der Waals surface area contributed by atoms with Crippen LogP contribution in [0.4, 0.5) is 0 Å². The molecule has 1 saturated heterocycles. The Morgan fingerprint density at radius 1 is 0.900 bits per heavy atom. The molecular formula is C31H44N4O5. The summed E-state index contributed by atoms with van der Waals surface area (Å²) in [5, 5.41) is 16.8. The summed E-state index contributed by atoms with van der Waals surface area (Å²) in [6, 6.07) is 17.2. The second-order valence-corrected chi connectivity index (χ2v) is 8.86. The third-order valence-electron chi connectivity index (χ3n) is 5.56. The van der Waals surface area contributed by atoms with Crippen molar-refractivity contribution in [3.8, 4) is 18.6 Å². The Labute approximate surface area is 238 Å². The molecular weight excluding hydrogens is 508 g/mol. The Kier molecular flexibility index (Phi) is 21.2. The third kappa shape index (κ3) is 18.9. The number of hydrogen-bond acceptors (Lipinski definition) is 5. The lowest BCUT2D eigenvalue weighted by atomic mass is 10.1. The molecule has 9 nitrogen and oxygen atoms in total. The number of benzene rings is 2. The standard InChI is InChI=1S/C13H23N3O3.C9H11NO2.C7H8.C2H2/c1-2-7-14-11(17)5-6-12(18)15-10-13(19)16-8-3-4-9-16;11-7-10-6-5-8-1-3-9(12)4-2-8;1-7-5-3-2-4-6-7;1-2/h2-10H2,1H3,(H,14,17)(H,15,18);1-4,7,12H,5-6H2,(H,10,11);2-6H,1H3;1-2H. The number of terminal acetylenes is 1. The smallest absolute Gasteiger partial charge is 0.241 e. The lowest BCUT2D eigenvalue weighted by Gasteiger charge is -2.15. The number of likely N-dealkylation sites (tertiary alicyclic amines) is 1. The van der Waals surface area contributed by atoms with E-state index < -0.39 is 0 Å². The third-order valence-corrected chi connectivity index (χ3v) is 5.56. The summed E-state index contributed by atoms with van der Waals surface area (Å²) in [4.78, 5) is 46.1. The highest BCUT2D eigenvalue weighted by atomic mass is 16.3. The van der Waals surface area contributed by atoms with E-state index >= 15 is 0 Å².